The Bertz CT molecular complexity index is 629. The van der Waals surface area contributed by atoms with Crippen molar-refractivity contribution in [1.29, 1.82) is 0 Å². The Morgan fingerprint density at radius 1 is 1.30 bits per heavy atom. The summed E-state index contributed by atoms with van der Waals surface area (Å²) in [5.41, 5.74) is 9.14. The number of nitrogen functional groups attached to an aromatic ring is 1. The van der Waals surface area contributed by atoms with Crippen LogP contribution in [0.2, 0.25) is 0 Å². The maximum absolute atomic E-state index is 5.79. The minimum Gasteiger partial charge on any atom is -0.368 e. The Kier molecular flexibility index (Phi) is 3.84. The number of halogens is 1. The molecule has 1 aromatic heterocycles. The van der Waals surface area contributed by atoms with E-state index in [0.717, 1.165) is 41.1 Å². The summed E-state index contributed by atoms with van der Waals surface area (Å²) in [6, 6.07) is 8.13. The summed E-state index contributed by atoms with van der Waals surface area (Å²) in [7, 11) is 0. The zero-order valence-electron chi connectivity index (χ0n) is 11.0. The monoisotopic (exact) mass is 333 g/mol. The highest BCUT2D eigenvalue weighted by Crippen LogP contribution is 2.23. The SMILES string of the molecule is Nc1nc2c(c(NCc3ccccc3Br)n1)CNCC2. The molecular weight excluding hydrogens is 318 g/mol. The first-order valence-corrected chi connectivity index (χ1v) is 7.36. The van der Waals surface area contributed by atoms with E-state index in [1.165, 1.54) is 5.56 Å². The molecule has 0 atom stereocenters. The van der Waals surface area contributed by atoms with Crippen molar-refractivity contribution in [2.24, 2.45) is 0 Å². The van der Waals surface area contributed by atoms with Gasteiger partial charge in [0.2, 0.25) is 5.95 Å². The van der Waals surface area contributed by atoms with Crippen LogP contribution in [-0.2, 0) is 19.5 Å². The first-order chi connectivity index (χ1) is 9.74. The van der Waals surface area contributed by atoms with E-state index in [1.807, 2.05) is 18.2 Å². The maximum Gasteiger partial charge on any atom is 0.222 e. The molecule has 1 aliphatic heterocycles. The van der Waals surface area contributed by atoms with Crippen LogP contribution in [0.4, 0.5) is 11.8 Å². The summed E-state index contributed by atoms with van der Waals surface area (Å²) >= 11 is 3.55. The fourth-order valence-corrected chi connectivity index (χ4v) is 2.75. The highest BCUT2D eigenvalue weighted by Gasteiger charge is 2.16. The molecule has 1 aromatic carbocycles. The van der Waals surface area contributed by atoms with Gasteiger partial charge in [-0.15, -0.1) is 0 Å². The minimum absolute atomic E-state index is 0.334. The predicted molar refractivity (Wildman–Crippen MR) is 83.3 cm³/mol. The van der Waals surface area contributed by atoms with E-state index in [0.29, 0.717) is 12.5 Å². The molecule has 3 rings (SSSR count). The number of rotatable bonds is 3. The Morgan fingerprint density at radius 2 is 2.15 bits per heavy atom. The zero-order valence-corrected chi connectivity index (χ0v) is 12.6. The minimum atomic E-state index is 0.334. The third-order valence-corrected chi connectivity index (χ3v) is 4.13. The van der Waals surface area contributed by atoms with Crippen LogP contribution in [0.15, 0.2) is 28.7 Å². The van der Waals surface area contributed by atoms with E-state index in [4.69, 9.17) is 5.73 Å². The molecule has 4 N–H and O–H groups in total. The molecule has 0 unspecified atom stereocenters. The first-order valence-electron chi connectivity index (χ1n) is 6.57. The lowest BCUT2D eigenvalue weighted by molar-refractivity contribution is 0.628. The zero-order chi connectivity index (χ0) is 13.9. The van der Waals surface area contributed by atoms with Crippen LogP contribution >= 0.6 is 15.9 Å². The molecule has 0 saturated carbocycles. The van der Waals surface area contributed by atoms with Crippen molar-refractivity contribution in [1.82, 2.24) is 15.3 Å². The van der Waals surface area contributed by atoms with Crippen molar-refractivity contribution in [3.8, 4) is 0 Å². The molecule has 6 heteroatoms. The van der Waals surface area contributed by atoms with Crippen LogP contribution in [0.5, 0.6) is 0 Å². The van der Waals surface area contributed by atoms with Crippen molar-refractivity contribution < 1.29 is 0 Å². The van der Waals surface area contributed by atoms with Gasteiger partial charge in [-0.1, -0.05) is 34.1 Å². The molecule has 2 heterocycles. The van der Waals surface area contributed by atoms with Crippen LogP contribution in [0, 0.1) is 0 Å². The molecular formula is C14H16BrN5. The van der Waals surface area contributed by atoms with Crippen molar-refractivity contribution >= 4 is 27.7 Å². The number of nitrogens with zero attached hydrogens (tertiary/aromatic N) is 2. The van der Waals surface area contributed by atoms with E-state index in [1.54, 1.807) is 0 Å². The molecule has 104 valence electrons. The number of nitrogens with one attached hydrogen (secondary N) is 2. The van der Waals surface area contributed by atoms with Gasteiger partial charge in [0.1, 0.15) is 5.82 Å². The number of hydrogen-bond donors (Lipinski definition) is 3. The highest BCUT2D eigenvalue weighted by atomic mass is 79.9. The lowest BCUT2D eigenvalue weighted by atomic mass is 10.1. The van der Waals surface area contributed by atoms with E-state index < -0.39 is 0 Å². The van der Waals surface area contributed by atoms with Crippen molar-refractivity contribution in [2.75, 3.05) is 17.6 Å². The van der Waals surface area contributed by atoms with Crippen LogP contribution in [0.3, 0.4) is 0 Å². The van der Waals surface area contributed by atoms with E-state index in [2.05, 4.69) is 42.6 Å². The summed E-state index contributed by atoms with van der Waals surface area (Å²) in [6.07, 6.45) is 0.895. The largest absolute Gasteiger partial charge is 0.368 e. The van der Waals surface area contributed by atoms with Gasteiger partial charge in [0.05, 0.1) is 5.69 Å². The second kappa shape index (κ2) is 5.76. The van der Waals surface area contributed by atoms with Gasteiger partial charge in [-0.2, -0.15) is 4.98 Å². The molecule has 0 bridgehead atoms. The fourth-order valence-electron chi connectivity index (χ4n) is 2.33. The molecule has 0 amide bonds. The number of fused-ring (bicyclic) bond motifs is 1. The van der Waals surface area contributed by atoms with Crippen LogP contribution in [-0.4, -0.2) is 16.5 Å². The Labute approximate surface area is 126 Å². The predicted octanol–water partition coefficient (Wildman–Crippen LogP) is 2.08. The van der Waals surface area contributed by atoms with Gasteiger partial charge in [-0.25, -0.2) is 4.98 Å². The smallest absolute Gasteiger partial charge is 0.222 e. The van der Waals surface area contributed by atoms with Gasteiger partial charge in [0.15, 0.2) is 0 Å². The van der Waals surface area contributed by atoms with Crippen LogP contribution < -0.4 is 16.4 Å². The second-order valence-corrected chi connectivity index (χ2v) is 5.58. The van der Waals surface area contributed by atoms with Gasteiger partial charge in [-0.05, 0) is 11.6 Å². The lowest BCUT2D eigenvalue weighted by Crippen LogP contribution is -2.26. The van der Waals surface area contributed by atoms with Crippen molar-refractivity contribution in [3.05, 3.63) is 45.6 Å². The number of nitrogens with two attached hydrogens (primary N) is 1. The molecule has 0 saturated heterocycles. The average Bonchev–Trinajstić information content (AvgIpc) is 2.46. The number of anilines is 2. The van der Waals surface area contributed by atoms with Crippen LogP contribution in [0.1, 0.15) is 16.8 Å². The van der Waals surface area contributed by atoms with E-state index in [-0.39, 0.29) is 0 Å². The summed E-state index contributed by atoms with van der Waals surface area (Å²) in [4.78, 5) is 8.66. The third kappa shape index (κ3) is 2.76. The normalized spacial score (nSPS) is 13.8. The number of benzene rings is 1. The molecule has 2 aromatic rings. The molecule has 5 nitrogen and oxygen atoms in total. The fraction of sp³-hybridized carbons (Fsp3) is 0.286. The highest BCUT2D eigenvalue weighted by molar-refractivity contribution is 9.10. The Morgan fingerprint density at radius 3 is 3.00 bits per heavy atom. The third-order valence-electron chi connectivity index (χ3n) is 3.35. The summed E-state index contributed by atoms with van der Waals surface area (Å²) in [6.45, 7) is 2.42. The average molecular weight is 334 g/mol. The molecule has 1 aliphatic rings. The van der Waals surface area contributed by atoms with Gasteiger partial charge in [0, 0.05) is 36.1 Å². The standard InChI is InChI=1S/C14H16BrN5/c15-11-4-2-1-3-9(11)7-18-13-10-8-17-6-5-12(10)19-14(16)20-13/h1-4,17H,5-8H2,(H3,16,18,19,20). The first kappa shape index (κ1) is 13.3. The second-order valence-electron chi connectivity index (χ2n) is 4.73. The molecule has 0 spiro atoms. The van der Waals surface area contributed by atoms with E-state index >= 15 is 0 Å². The maximum atomic E-state index is 5.79. The van der Waals surface area contributed by atoms with Crippen molar-refractivity contribution in [3.63, 3.8) is 0 Å². The summed E-state index contributed by atoms with van der Waals surface area (Å²) < 4.78 is 1.08. The number of aromatic nitrogens is 2. The molecule has 0 fully saturated rings. The van der Waals surface area contributed by atoms with Gasteiger partial charge < -0.3 is 16.4 Å². The molecule has 0 aliphatic carbocycles. The summed E-state index contributed by atoms with van der Waals surface area (Å²) in [5.74, 6) is 1.16. The van der Waals surface area contributed by atoms with Crippen LogP contribution in [0.25, 0.3) is 0 Å². The molecule has 0 radical (unpaired) electrons. The number of hydrogen-bond acceptors (Lipinski definition) is 5. The summed E-state index contributed by atoms with van der Waals surface area (Å²) in [5, 5.41) is 6.71. The van der Waals surface area contributed by atoms with Gasteiger partial charge >= 0.3 is 0 Å². The molecule has 20 heavy (non-hydrogen) atoms. The Balaban J connectivity index is 1.84. The quantitative estimate of drug-likeness (QED) is 0.801. The van der Waals surface area contributed by atoms with Crippen molar-refractivity contribution in [2.45, 2.75) is 19.5 Å². The lowest BCUT2D eigenvalue weighted by Gasteiger charge is -2.20. The van der Waals surface area contributed by atoms with Gasteiger partial charge in [0.25, 0.3) is 0 Å². The topological polar surface area (TPSA) is 75.9 Å². The van der Waals surface area contributed by atoms with Gasteiger partial charge in [-0.3, -0.25) is 0 Å². The Hall–Kier alpha value is -1.66. The van der Waals surface area contributed by atoms with E-state index in [9.17, 15) is 0 Å².